The van der Waals surface area contributed by atoms with Gasteiger partial charge in [0.1, 0.15) is 12.1 Å². The number of carbonyl (C=O) groups excluding carboxylic acids is 3. The Morgan fingerprint density at radius 1 is 1.23 bits per heavy atom. The van der Waals surface area contributed by atoms with E-state index in [1.165, 1.54) is 23.1 Å². The summed E-state index contributed by atoms with van der Waals surface area (Å²) in [6, 6.07) is 1.60. The number of anilines is 1. The molecule has 0 bridgehead atoms. The van der Waals surface area contributed by atoms with Crippen LogP contribution in [0.1, 0.15) is 72.4 Å². The highest BCUT2D eigenvalue weighted by molar-refractivity contribution is 6.06. The van der Waals surface area contributed by atoms with Crippen LogP contribution in [0.4, 0.5) is 5.69 Å². The summed E-state index contributed by atoms with van der Waals surface area (Å²) in [5.41, 5.74) is 0.439. The largest absolute Gasteiger partial charge is 0.352 e. The van der Waals surface area contributed by atoms with Crippen molar-refractivity contribution in [1.82, 2.24) is 20.1 Å². The van der Waals surface area contributed by atoms with Gasteiger partial charge in [-0.3, -0.25) is 23.9 Å². The normalized spacial score (nSPS) is 17.9. The Labute approximate surface area is 179 Å². The van der Waals surface area contributed by atoms with Crippen LogP contribution in [0, 0.1) is 5.41 Å². The summed E-state index contributed by atoms with van der Waals surface area (Å²) >= 11 is 0. The highest BCUT2D eigenvalue weighted by Crippen LogP contribution is 2.33. The Morgan fingerprint density at radius 3 is 2.71 bits per heavy atom. The van der Waals surface area contributed by atoms with Crippen LogP contribution in [0.15, 0.2) is 23.3 Å². The third kappa shape index (κ3) is 4.76. The molecule has 3 N–H and O–H groups in total. The summed E-state index contributed by atoms with van der Waals surface area (Å²) in [6.45, 7) is 3.99. The number of carbonyl (C=O) groups is 3. The number of pyridine rings is 1. The number of hydrogen-bond acceptors (Lipinski definition) is 5. The number of ketones is 1. The Morgan fingerprint density at radius 2 is 1.97 bits per heavy atom. The number of nitrogens with zero attached hydrogens (tertiary/aromatic N) is 2. The number of aromatic nitrogens is 3. The summed E-state index contributed by atoms with van der Waals surface area (Å²) in [5.74, 6) is -0.838. The van der Waals surface area contributed by atoms with Gasteiger partial charge in [-0.1, -0.05) is 26.7 Å². The van der Waals surface area contributed by atoms with Crippen LogP contribution in [0.3, 0.4) is 0 Å². The van der Waals surface area contributed by atoms with Crippen LogP contribution in [0.25, 0.3) is 0 Å². The van der Waals surface area contributed by atoms with Crippen LogP contribution >= 0.6 is 0 Å². The number of H-pyrrole nitrogens is 1. The molecule has 4 rings (SSSR count). The topological polar surface area (TPSA) is 126 Å². The standard InChI is InChI=1S/C22H27N5O4/c1-22(2)8-17-15(18(28)9-22)7-16(21(31)26-17)20(30)25-14-10-23-27(11-14)12-19(29)24-13-5-3-4-6-13/h7,10-11,13H,3-6,8-9,12H2,1-2H3,(H,24,29)(H,25,30)(H,26,31). The zero-order chi connectivity index (χ0) is 22.2. The van der Waals surface area contributed by atoms with E-state index in [4.69, 9.17) is 0 Å². The SMILES string of the molecule is CC1(C)CC(=O)c2cc(C(=O)Nc3cnn(CC(=O)NC4CCCC4)c3)c(=O)[nH]c2C1. The summed E-state index contributed by atoms with van der Waals surface area (Å²) in [6.07, 6.45) is 8.15. The molecule has 0 spiro atoms. The fourth-order valence-corrected chi connectivity index (χ4v) is 4.40. The second-order valence-corrected chi connectivity index (χ2v) is 9.27. The van der Waals surface area contributed by atoms with Crippen molar-refractivity contribution in [3.63, 3.8) is 0 Å². The van der Waals surface area contributed by atoms with Crippen molar-refractivity contribution < 1.29 is 14.4 Å². The molecule has 2 amide bonds. The average molecular weight is 425 g/mol. The molecular weight excluding hydrogens is 398 g/mol. The highest BCUT2D eigenvalue weighted by atomic mass is 16.2. The van der Waals surface area contributed by atoms with Crippen molar-refractivity contribution in [2.75, 3.05) is 5.32 Å². The van der Waals surface area contributed by atoms with Crippen LogP contribution in [-0.2, 0) is 17.8 Å². The highest BCUT2D eigenvalue weighted by Gasteiger charge is 2.32. The first-order chi connectivity index (χ1) is 14.7. The van der Waals surface area contributed by atoms with E-state index < -0.39 is 11.5 Å². The average Bonchev–Trinajstić information content (AvgIpc) is 3.32. The molecule has 0 aromatic carbocycles. The fourth-order valence-electron chi connectivity index (χ4n) is 4.40. The maximum absolute atomic E-state index is 12.7. The predicted molar refractivity (Wildman–Crippen MR) is 114 cm³/mol. The van der Waals surface area contributed by atoms with Crippen molar-refractivity contribution in [3.05, 3.63) is 45.6 Å². The molecule has 2 aromatic heterocycles. The summed E-state index contributed by atoms with van der Waals surface area (Å²) < 4.78 is 1.43. The van der Waals surface area contributed by atoms with Crippen LogP contribution < -0.4 is 16.2 Å². The molecule has 164 valence electrons. The van der Waals surface area contributed by atoms with E-state index in [1.807, 2.05) is 13.8 Å². The number of aromatic amines is 1. The van der Waals surface area contributed by atoms with Crippen molar-refractivity contribution in [2.24, 2.45) is 5.41 Å². The van der Waals surface area contributed by atoms with E-state index in [2.05, 4.69) is 20.7 Å². The summed E-state index contributed by atoms with van der Waals surface area (Å²) in [4.78, 5) is 52.4. The van der Waals surface area contributed by atoms with Gasteiger partial charge >= 0.3 is 0 Å². The van der Waals surface area contributed by atoms with Crippen LogP contribution in [0.5, 0.6) is 0 Å². The van der Waals surface area contributed by atoms with Crippen LogP contribution in [0.2, 0.25) is 0 Å². The zero-order valence-corrected chi connectivity index (χ0v) is 17.8. The lowest BCUT2D eigenvalue weighted by Gasteiger charge is -2.29. The molecule has 2 heterocycles. The minimum atomic E-state index is -0.628. The van der Waals surface area contributed by atoms with Crippen molar-refractivity contribution >= 4 is 23.3 Å². The molecular formula is C22H27N5O4. The molecule has 0 unspecified atom stereocenters. The van der Waals surface area contributed by atoms with Gasteiger partial charge in [-0.05, 0) is 30.7 Å². The molecule has 0 saturated heterocycles. The van der Waals surface area contributed by atoms with Crippen LogP contribution in [-0.4, -0.2) is 38.4 Å². The molecule has 1 saturated carbocycles. The van der Waals surface area contributed by atoms with Gasteiger partial charge in [0.05, 0.1) is 11.9 Å². The summed E-state index contributed by atoms with van der Waals surface area (Å²) in [5, 5.41) is 9.70. The lowest BCUT2D eigenvalue weighted by Crippen LogP contribution is -2.35. The van der Waals surface area contributed by atoms with Crippen molar-refractivity contribution in [1.29, 1.82) is 0 Å². The smallest absolute Gasteiger partial charge is 0.261 e. The first-order valence-electron chi connectivity index (χ1n) is 10.6. The molecule has 1 fully saturated rings. The van der Waals surface area contributed by atoms with E-state index in [0.29, 0.717) is 29.8 Å². The Balaban J connectivity index is 1.43. The Hall–Kier alpha value is -3.23. The third-order valence-corrected chi connectivity index (χ3v) is 5.88. The number of fused-ring (bicyclic) bond motifs is 1. The monoisotopic (exact) mass is 425 g/mol. The van der Waals surface area contributed by atoms with Crippen molar-refractivity contribution in [2.45, 2.75) is 65.0 Å². The minimum Gasteiger partial charge on any atom is -0.352 e. The summed E-state index contributed by atoms with van der Waals surface area (Å²) in [7, 11) is 0. The first kappa shape index (κ1) is 21.0. The van der Waals surface area contributed by atoms with Gasteiger partial charge in [0, 0.05) is 29.9 Å². The molecule has 9 heteroatoms. The lowest BCUT2D eigenvalue weighted by atomic mass is 9.75. The molecule has 0 aliphatic heterocycles. The van der Waals surface area contributed by atoms with Gasteiger partial charge in [0.2, 0.25) is 5.91 Å². The maximum Gasteiger partial charge on any atom is 0.261 e. The van der Waals surface area contributed by atoms with Gasteiger partial charge in [-0.15, -0.1) is 0 Å². The quantitative estimate of drug-likeness (QED) is 0.676. The molecule has 0 radical (unpaired) electrons. The van der Waals surface area contributed by atoms with E-state index in [9.17, 15) is 19.2 Å². The second-order valence-electron chi connectivity index (χ2n) is 9.27. The van der Waals surface area contributed by atoms with Gasteiger partial charge < -0.3 is 15.6 Å². The lowest BCUT2D eigenvalue weighted by molar-refractivity contribution is -0.122. The van der Waals surface area contributed by atoms with Gasteiger partial charge in [0.15, 0.2) is 5.78 Å². The number of Topliss-reactive ketones (excluding diaryl/α,β-unsaturated/α-hetero) is 1. The number of rotatable bonds is 5. The van der Waals surface area contributed by atoms with E-state index in [1.54, 1.807) is 0 Å². The van der Waals surface area contributed by atoms with E-state index >= 15 is 0 Å². The van der Waals surface area contributed by atoms with E-state index in [0.717, 1.165) is 25.7 Å². The molecule has 0 atom stereocenters. The molecule has 9 nitrogen and oxygen atoms in total. The second kappa shape index (κ2) is 8.13. The minimum absolute atomic E-state index is 0.0517. The molecule has 31 heavy (non-hydrogen) atoms. The van der Waals surface area contributed by atoms with Gasteiger partial charge in [0.25, 0.3) is 11.5 Å². The number of nitrogens with one attached hydrogen (secondary N) is 3. The third-order valence-electron chi connectivity index (χ3n) is 5.88. The van der Waals surface area contributed by atoms with Gasteiger partial charge in [-0.25, -0.2) is 0 Å². The first-order valence-corrected chi connectivity index (χ1v) is 10.6. The maximum atomic E-state index is 12.7. The fraction of sp³-hybridized carbons (Fsp3) is 0.500. The Bertz CT molecular complexity index is 1090. The Kier molecular flexibility index (Phi) is 5.51. The number of hydrogen-bond donors (Lipinski definition) is 3. The molecule has 2 aromatic rings. The van der Waals surface area contributed by atoms with E-state index in [-0.39, 0.29) is 35.3 Å². The zero-order valence-electron chi connectivity index (χ0n) is 17.8. The van der Waals surface area contributed by atoms with Crippen molar-refractivity contribution in [3.8, 4) is 0 Å². The molecule has 2 aliphatic carbocycles. The number of amides is 2. The molecule has 2 aliphatic rings. The predicted octanol–water partition coefficient (Wildman–Crippen LogP) is 2.04. The van der Waals surface area contributed by atoms with Gasteiger partial charge in [-0.2, -0.15) is 5.10 Å².